The van der Waals surface area contributed by atoms with Crippen LogP contribution in [0.25, 0.3) is 0 Å². The molecule has 1 aliphatic rings. The van der Waals surface area contributed by atoms with Crippen LogP contribution < -0.4 is 0 Å². The second-order valence-electron chi connectivity index (χ2n) is 2.92. The van der Waals surface area contributed by atoms with Gasteiger partial charge in [-0.05, 0) is 6.92 Å². The molecule has 1 atom stereocenters. The van der Waals surface area contributed by atoms with Crippen LogP contribution in [0.2, 0.25) is 0 Å². The quantitative estimate of drug-likeness (QED) is 0.597. The first kappa shape index (κ1) is 10.1. The molecule has 0 aliphatic carbocycles. The van der Waals surface area contributed by atoms with Crippen molar-refractivity contribution < 1.29 is 9.59 Å². The highest BCUT2D eigenvalue weighted by Crippen LogP contribution is 2.13. The average Bonchev–Trinajstić information content (AvgIpc) is 2.11. The number of nitriles is 1. The molecule has 1 unspecified atom stereocenters. The summed E-state index contributed by atoms with van der Waals surface area (Å²) in [6.07, 6.45) is 0. The standard InChI is InChI=1S/C8H10N2O2S/c1-6(2-9)3-10-7(11)4-13-5-8(10)12/h6H,3-5H2,1H3. The van der Waals surface area contributed by atoms with E-state index in [2.05, 4.69) is 0 Å². The molecule has 0 aromatic rings. The van der Waals surface area contributed by atoms with Crippen LogP contribution in [0, 0.1) is 17.2 Å². The maximum atomic E-state index is 11.2. The van der Waals surface area contributed by atoms with E-state index in [0.29, 0.717) is 11.5 Å². The fraction of sp³-hybridized carbons (Fsp3) is 0.625. The Kier molecular flexibility index (Phi) is 3.32. The normalized spacial score (nSPS) is 19.8. The minimum absolute atomic E-state index is 0.177. The Morgan fingerprint density at radius 3 is 2.54 bits per heavy atom. The van der Waals surface area contributed by atoms with Gasteiger partial charge >= 0.3 is 0 Å². The van der Waals surface area contributed by atoms with E-state index in [0.717, 1.165) is 0 Å². The van der Waals surface area contributed by atoms with Crippen molar-refractivity contribution in [2.75, 3.05) is 18.1 Å². The van der Waals surface area contributed by atoms with Gasteiger partial charge in [0.1, 0.15) is 0 Å². The zero-order valence-electron chi connectivity index (χ0n) is 7.32. The van der Waals surface area contributed by atoms with Crippen LogP contribution in [-0.2, 0) is 9.59 Å². The van der Waals surface area contributed by atoms with Gasteiger partial charge in [0, 0.05) is 6.54 Å². The first-order valence-corrected chi connectivity index (χ1v) is 5.11. The molecule has 1 rings (SSSR count). The van der Waals surface area contributed by atoms with Crippen LogP contribution in [0.3, 0.4) is 0 Å². The van der Waals surface area contributed by atoms with Gasteiger partial charge < -0.3 is 0 Å². The van der Waals surface area contributed by atoms with Gasteiger partial charge in [0.2, 0.25) is 11.8 Å². The minimum atomic E-state index is -0.281. The van der Waals surface area contributed by atoms with E-state index < -0.39 is 0 Å². The van der Waals surface area contributed by atoms with Gasteiger partial charge in [0.15, 0.2) is 0 Å². The van der Waals surface area contributed by atoms with Crippen molar-refractivity contribution >= 4 is 23.6 Å². The van der Waals surface area contributed by atoms with Crippen molar-refractivity contribution in [3.05, 3.63) is 0 Å². The van der Waals surface area contributed by atoms with E-state index in [4.69, 9.17) is 5.26 Å². The highest BCUT2D eigenvalue weighted by atomic mass is 32.2. The molecule has 0 spiro atoms. The Morgan fingerprint density at radius 1 is 1.54 bits per heavy atom. The first-order valence-electron chi connectivity index (χ1n) is 3.95. The summed E-state index contributed by atoms with van der Waals surface area (Å²) in [5.41, 5.74) is 0. The summed E-state index contributed by atoms with van der Waals surface area (Å²) in [4.78, 5) is 23.6. The lowest BCUT2D eigenvalue weighted by Gasteiger charge is -2.25. The Balaban J connectivity index is 2.60. The van der Waals surface area contributed by atoms with Crippen molar-refractivity contribution in [1.29, 1.82) is 5.26 Å². The summed E-state index contributed by atoms with van der Waals surface area (Å²) in [6.45, 7) is 1.93. The average molecular weight is 198 g/mol. The molecule has 70 valence electrons. The smallest absolute Gasteiger partial charge is 0.239 e. The van der Waals surface area contributed by atoms with E-state index in [1.54, 1.807) is 6.92 Å². The van der Waals surface area contributed by atoms with Gasteiger partial charge in [-0.25, -0.2) is 0 Å². The van der Waals surface area contributed by atoms with E-state index in [9.17, 15) is 9.59 Å². The Hall–Kier alpha value is -1.02. The predicted octanol–water partition coefficient (Wildman–Crippen LogP) is 0.248. The van der Waals surface area contributed by atoms with E-state index >= 15 is 0 Å². The number of hydrogen-bond donors (Lipinski definition) is 0. The molecule has 1 saturated heterocycles. The number of nitrogens with zero attached hydrogens (tertiary/aromatic N) is 2. The highest BCUT2D eigenvalue weighted by Gasteiger charge is 2.27. The molecule has 1 heterocycles. The number of imide groups is 1. The van der Waals surface area contributed by atoms with Gasteiger partial charge in [-0.1, -0.05) is 0 Å². The van der Waals surface area contributed by atoms with Gasteiger partial charge in [-0.2, -0.15) is 5.26 Å². The fourth-order valence-corrected chi connectivity index (χ4v) is 1.80. The summed E-state index contributed by atoms with van der Waals surface area (Å²) >= 11 is 1.33. The predicted molar refractivity (Wildman–Crippen MR) is 48.8 cm³/mol. The zero-order chi connectivity index (χ0) is 9.84. The number of carbonyl (C=O) groups excluding carboxylic acids is 2. The summed E-state index contributed by atoms with van der Waals surface area (Å²) < 4.78 is 0. The molecule has 0 aromatic heterocycles. The van der Waals surface area contributed by atoms with Crippen molar-refractivity contribution in [3.63, 3.8) is 0 Å². The lowest BCUT2D eigenvalue weighted by atomic mass is 10.2. The van der Waals surface area contributed by atoms with Crippen molar-refractivity contribution in [1.82, 2.24) is 4.90 Å². The van der Waals surface area contributed by atoms with Crippen LogP contribution in [0.1, 0.15) is 6.92 Å². The SMILES string of the molecule is CC(C#N)CN1C(=O)CSCC1=O. The topological polar surface area (TPSA) is 61.2 Å². The maximum absolute atomic E-state index is 11.2. The minimum Gasteiger partial charge on any atom is -0.280 e. The number of carbonyl (C=O) groups is 2. The van der Waals surface area contributed by atoms with Crippen LogP contribution in [0.5, 0.6) is 0 Å². The molecule has 4 nitrogen and oxygen atoms in total. The summed E-state index contributed by atoms with van der Waals surface area (Å²) in [7, 11) is 0. The van der Waals surface area contributed by atoms with Crippen LogP contribution in [0.15, 0.2) is 0 Å². The number of hydrogen-bond acceptors (Lipinski definition) is 4. The van der Waals surface area contributed by atoms with Crippen molar-refractivity contribution in [2.45, 2.75) is 6.92 Å². The van der Waals surface area contributed by atoms with E-state index in [1.165, 1.54) is 16.7 Å². The van der Waals surface area contributed by atoms with Crippen molar-refractivity contribution in [2.24, 2.45) is 5.92 Å². The maximum Gasteiger partial charge on any atom is 0.239 e. The van der Waals surface area contributed by atoms with Crippen LogP contribution in [0.4, 0.5) is 0 Å². The molecule has 5 heteroatoms. The summed E-state index contributed by atoms with van der Waals surface area (Å²) in [5.74, 6) is 0.0658. The molecule has 0 aromatic carbocycles. The molecule has 0 N–H and O–H groups in total. The fourth-order valence-electron chi connectivity index (χ4n) is 1.04. The molecule has 1 fully saturated rings. The first-order chi connectivity index (χ1) is 6.15. The van der Waals surface area contributed by atoms with E-state index in [1.807, 2.05) is 6.07 Å². The molecule has 0 bridgehead atoms. The summed E-state index contributed by atoms with van der Waals surface area (Å²) in [5, 5.41) is 8.53. The van der Waals surface area contributed by atoms with Crippen molar-refractivity contribution in [3.8, 4) is 6.07 Å². The second kappa shape index (κ2) is 4.28. The lowest BCUT2D eigenvalue weighted by Crippen LogP contribution is -2.44. The third-order valence-electron chi connectivity index (χ3n) is 1.73. The second-order valence-corrected chi connectivity index (χ2v) is 3.91. The van der Waals surface area contributed by atoms with Crippen LogP contribution in [-0.4, -0.2) is 34.8 Å². The molecule has 1 aliphatic heterocycles. The molecular weight excluding hydrogens is 188 g/mol. The lowest BCUT2D eigenvalue weighted by molar-refractivity contribution is -0.142. The molecule has 2 amide bonds. The van der Waals surface area contributed by atoms with Gasteiger partial charge in [0.25, 0.3) is 0 Å². The Labute approximate surface area is 80.9 Å². The summed E-state index contributed by atoms with van der Waals surface area (Å²) in [6, 6.07) is 2.00. The Morgan fingerprint density at radius 2 is 2.08 bits per heavy atom. The Bertz CT molecular complexity index is 256. The highest BCUT2D eigenvalue weighted by molar-refractivity contribution is 8.00. The van der Waals surface area contributed by atoms with E-state index in [-0.39, 0.29) is 24.3 Å². The van der Waals surface area contributed by atoms with Gasteiger partial charge in [-0.15, -0.1) is 11.8 Å². The molecule has 0 saturated carbocycles. The molecule has 13 heavy (non-hydrogen) atoms. The third-order valence-corrected chi connectivity index (χ3v) is 2.63. The molecular formula is C8H10N2O2S. The van der Waals surface area contributed by atoms with Gasteiger partial charge in [-0.3, -0.25) is 14.5 Å². The zero-order valence-corrected chi connectivity index (χ0v) is 8.13. The third kappa shape index (κ3) is 2.46. The van der Waals surface area contributed by atoms with Crippen LogP contribution >= 0.6 is 11.8 Å². The molecule has 0 radical (unpaired) electrons. The number of rotatable bonds is 2. The number of amides is 2. The monoisotopic (exact) mass is 198 g/mol. The largest absolute Gasteiger partial charge is 0.280 e. The van der Waals surface area contributed by atoms with Gasteiger partial charge in [0.05, 0.1) is 23.5 Å². The number of thioether (sulfide) groups is 1.